The summed E-state index contributed by atoms with van der Waals surface area (Å²) in [7, 11) is 0. The summed E-state index contributed by atoms with van der Waals surface area (Å²) in [5.41, 5.74) is 0.648. The number of benzene rings is 1. The van der Waals surface area contributed by atoms with Crippen molar-refractivity contribution in [1.29, 1.82) is 0 Å². The number of hydrogen-bond acceptors (Lipinski definition) is 2. The molecule has 1 unspecified atom stereocenters. The van der Waals surface area contributed by atoms with Crippen LogP contribution >= 0.6 is 27.5 Å². The highest BCUT2D eigenvalue weighted by molar-refractivity contribution is 9.10. The largest absolute Gasteiger partial charge is 0.481 e. The molecule has 6 heteroatoms. The molecule has 0 radical (unpaired) electrons. The van der Waals surface area contributed by atoms with Gasteiger partial charge in [-0.25, -0.2) is 0 Å². The molecular weight excluding hydrogens is 309 g/mol. The second kappa shape index (κ2) is 6.02. The fourth-order valence-electron chi connectivity index (χ4n) is 1.44. The lowest BCUT2D eigenvalue weighted by Crippen LogP contribution is -2.28. The first-order valence-electron chi connectivity index (χ1n) is 4.84. The monoisotopic (exact) mass is 319 g/mol. The van der Waals surface area contributed by atoms with Crippen molar-refractivity contribution < 1.29 is 14.7 Å². The summed E-state index contributed by atoms with van der Waals surface area (Å²) in [4.78, 5) is 21.8. The number of amides is 1. The summed E-state index contributed by atoms with van der Waals surface area (Å²) in [6.45, 7) is 1.34. The Labute approximate surface area is 112 Å². The molecule has 0 bridgehead atoms. The molecule has 1 aromatic rings. The van der Waals surface area contributed by atoms with Crippen LogP contribution in [-0.2, 0) is 9.59 Å². The van der Waals surface area contributed by atoms with E-state index in [0.29, 0.717) is 15.1 Å². The van der Waals surface area contributed by atoms with Gasteiger partial charge in [0.1, 0.15) is 0 Å². The third-order valence-corrected chi connectivity index (χ3v) is 3.05. The fourth-order valence-corrected chi connectivity index (χ4v) is 2.14. The van der Waals surface area contributed by atoms with Gasteiger partial charge >= 0.3 is 5.97 Å². The number of carboxylic acid groups (broad SMARTS) is 1. The summed E-state index contributed by atoms with van der Waals surface area (Å²) in [5, 5.41) is 11.9. The third kappa shape index (κ3) is 4.36. The maximum atomic E-state index is 11.1. The van der Waals surface area contributed by atoms with Gasteiger partial charge in [-0.3, -0.25) is 9.59 Å². The van der Waals surface area contributed by atoms with E-state index in [-0.39, 0.29) is 12.3 Å². The van der Waals surface area contributed by atoms with Crippen LogP contribution in [0.1, 0.15) is 24.9 Å². The molecule has 0 spiro atoms. The Bertz CT molecular complexity index is 434. The summed E-state index contributed by atoms with van der Waals surface area (Å²) in [5.74, 6) is -1.28. The standard InChI is InChI=1S/C11H11BrClNO3/c1-6(15)14-10(5-11(16)17)8-4-7(13)2-3-9(8)12/h2-4,10H,5H2,1H3,(H,14,15)(H,16,17). The number of nitrogens with one attached hydrogen (secondary N) is 1. The van der Waals surface area contributed by atoms with Gasteiger partial charge in [0.05, 0.1) is 12.5 Å². The van der Waals surface area contributed by atoms with Gasteiger partial charge in [-0.15, -0.1) is 0 Å². The van der Waals surface area contributed by atoms with Gasteiger partial charge in [0.2, 0.25) is 5.91 Å². The molecule has 17 heavy (non-hydrogen) atoms. The van der Waals surface area contributed by atoms with Crippen molar-refractivity contribution in [1.82, 2.24) is 5.32 Å². The highest BCUT2D eigenvalue weighted by atomic mass is 79.9. The average Bonchev–Trinajstić information content (AvgIpc) is 2.19. The lowest BCUT2D eigenvalue weighted by atomic mass is 10.0. The van der Waals surface area contributed by atoms with E-state index in [1.165, 1.54) is 6.92 Å². The van der Waals surface area contributed by atoms with Crippen LogP contribution in [0.15, 0.2) is 22.7 Å². The van der Waals surface area contributed by atoms with Crippen molar-refractivity contribution in [3.8, 4) is 0 Å². The quantitative estimate of drug-likeness (QED) is 0.896. The Hall–Kier alpha value is -1.07. The predicted molar refractivity (Wildman–Crippen MR) is 68.0 cm³/mol. The maximum absolute atomic E-state index is 11.1. The zero-order chi connectivity index (χ0) is 13.0. The smallest absolute Gasteiger partial charge is 0.305 e. The lowest BCUT2D eigenvalue weighted by molar-refractivity contribution is -0.137. The van der Waals surface area contributed by atoms with Crippen LogP contribution in [-0.4, -0.2) is 17.0 Å². The van der Waals surface area contributed by atoms with Gasteiger partial charge in [-0.1, -0.05) is 27.5 Å². The van der Waals surface area contributed by atoms with Gasteiger partial charge in [0, 0.05) is 16.4 Å². The van der Waals surface area contributed by atoms with Crippen LogP contribution in [0.4, 0.5) is 0 Å². The van der Waals surface area contributed by atoms with Crippen LogP contribution in [0.2, 0.25) is 5.02 Å². The van der Waals surface area contributed by atoms with Crippen LogP contribution in [0.5, 0.6) is 0 Å². The summed E-state index contributed by atoms with van der Waals surface area (Å²) < 4.78 is 0.710. The average molecular weight is 321 g/mol. The Morgan fingerprint density at radius 3 is 2.71 bits per heavy atom. The molecule has 1 aromatic carbocycles. The van der Waals surface area contributed by atoms with Crippen molar-refractivity contribution in [3.05, 3.63) is 33.3 Å². The molecule has 1 atom stereocenters. The summed E-state index contributed by atoms with van der Waals surface area (Å²) in [6, 6.07) is 4.43. The number of halogens is 2. The molecule has 0 aliphatic heterocycles. The Kier molecular flexibility index (Phi) is 4.96. The predicted octanol–water partition coefficient (Wildman–Crippen LogP) is 2.75. The zero-order valence-electron chi connectivity index (χ0n) is 9.04. The van der Waals surface area contributed by atoms with E-state index in [0.717, 1.165) is 0 Å². The Morgan fingerprint density at radius 2 is 2.18 bits per heavy atom. The summed E-state index contributed by atoms with van der Waals surface area (Å²) >= 11 is 9.16. The molecule has 1 amide bonds. The van der Waals surface area contributed by atoms with Crippen molar-refractivity contribution >= 4 is 39.4 Å². The van der Waals surface area contributed by atoms with E-state index in [1.54, 1.807) is 18.2 Å². The molecule has 0 fully saturated rings. The molecule has 0 heterocycles. The first kappa shape index (κ1) is 14.0. The molecule has 0 aromatic heterocycles. The second-order valence-corrected chi connectivity index (χ2v) is 4.81. The van der Waals surface area contributed by atoms with Crippen LogP contribution in [0, 0.1) is 0 Å². The second-order valence-electron chi connectivity index (χ2n) is 3.52. The Balaban J connectivity index is 3.06. The maximum Gasteiger partial charge on any atom is 0.305 e. The molecule has 0 aliphatic carbocycles. The van der Waals surface area contributed by atoms with E-state index < -0.39 is 12.0 Å². The molecule has 0 saturated carbocycles. The molecule has 92 valence electrons. The van der Waals surface area contributed by atoms with E-state index in [9.17, 15) is 9.59 Å². The topological polar surface area (TPSA) is 66.4 Å². The van der Waals surface area contributed by atoms with Gasteiger partial charge in [-0.2, -0.15) is 0 Å². The van der Waals surface area contributed by atoms with E-state index in [4.69, 9.17) is 16.7 Å². The number of aliphatic carboxylic acids is 1. The van der Waals surface area contributed by atoms with Crippen molar-refractivity contribution in [3.63, 3.8) is 0 Å². The number of carbonyl (C=O) groups excluding carboxylic acids is 1. The van der Waals surface area contributed by atoms with Crippen molar-refractivity contribution in [2.45, 2.75) is 19.4 Å². The van der Waals surface area contributed by atoms with Gasteiger partial charge in [0.15, 0.2) is 0 Å². The van der Waals surface area contributed by atoms with Crippen LogP contribution in [0.25, 0.3) is 0 Å². The molecule has 4 nitrogen and oxygen atoms in total. The molecule has 1 rings (SSSR count). The van der Waals surface area contributed by atoms with Crippen LogP contribution < -0.4 is 5.32 Å². The van der Waals surface area contributed by atoms with Crippen molar-refractivity contribution in [2.24, 2.45) is 0 Å². The van der Waals surface area contributed by atoms with Crippen molar-refractivity contribution in [2.75, 3.05) is 0 Å². The molecule has 0 aliphatic rings. The highest BCUT2D eigenvalue weighted by Crippen LogP contribution is 2.28. The minimum atomic E-state index is -0.990. The molecule has 0 saturated heterocycles. The lowest BCUT2D eigenvalue weighted by Gasteiger charge is -2.18. The number of rotatable bonds is 4. The van der Waals surface area contributed by atoms with E-state index in [2.05, 4.69) is 21.2 Å². The number of carbonyl (C=O) groups is 2. The zero-order valence-corrected chi connectivity index (χ0v) is 11.4. The van der Waals surface area contributed by atoms with Crippen LogP contribution in [0.3, 0.4) is 0 Å². The third-order valence-electron chi connectivity index (χ3n) is 2.09. The summed E-state index contributed by atoms with van der Waals surface area (Å²) in [6.07, 6.45) is -0.196. The number of hydrogen-bond donors (Lipinski definition) is 2. The minimum Gasteiger partial charge on any atom is -0.481 e. The normalized spacial score (nSPS) is 11.9. The van der Waals surface area contributed by atoms with Gasteiger partial charge in [-0.05, 0) is 23.8 Å². The SMILES string of the molecule is CC(=O)NC(CC(=O)O)c1cc(Cl)ccc1Br. The minimum absolute atomic E-state index is 0.196. The highest BCUT2D eigenvalue weighted by Gasteiger charge is 2.19. The number of carboxylic acids is 1. The molecule has 2 N–H and O–H groups in total. The Morgan fingerprint density at radius 1 is 1.53 bits per heavy atom. The van der Waals surface area contributed by atoms with Gasteiger partial charge < -0.3 is 10.4 Å². The van der Waals surface area contributed by atoms with E-state index >= 15 is 0 Å². The van der Waals surface area contributed by atoms with Gasteiger partial charge in [0.25, 0.3) is 0 Å². The first-order chi connectivity index (χ1) is 7.90. The van der Waals surface area contributed by atoms with E-state index in [1.807, 2.05) is 0 Å². The molecular formula is C11H11BrClNO3. The fraction of sp³-hybridized carbons (Fsp3) is 0.273. The first-order valence-corrected chi connectivity index (χ1v) is 6.01.